The van der Waals surface area contributed by atoms with E-state index < -0.39 is 0 Å². The first-order valence-corrected chi connectivity index (χ1v) is 9.46. The van der Waals surface area contributed by atoms with Gasteiger partial charge in [0, 0.05) is 44.4 Å². The van der Waals surface area contributed by atoms with Crippen molar-refractivity contribution in [3.05, 3.63) is 23.8 Å². The van der Waals surface area contributed by atoms with E-state index in [1.54, 1.807) is 14.2 Å². The zero-order valence-corrected chi connectivity index (χ0v) is 16.8. The van der Waals surface area contributed by atoms with Gasteiger partial charge in [0.2, 0.25) is 0 Å². The van der Waals surface area contributed by atoms with E-state index in [2.05, 4.69) is 34.4 Å². The van der Waals surface area contributed by atoms with Gasteiger partial charge in [-0.1, -0.05) is 0 Å². The molecule has 2 rings (SSSR count). The molecular formula is C20H34N4O2. The summed E-state index contributed by atoms with van der Waals surface area (Å²) in [5.74, 6) is 3.09. The van der Waals surface area contributed by atoms with Gasteiger partial charge in [0.15, 0.2) is 5.96 Å². The Kier molecular flexibility index (Phi) is 8.04. The van der Waals surface area contributed by atoms with Crippen molar-refractivity contribution < 1.29 is 9.47 Å². The van der Waals surface area contributed by atoms with Crippen molar-refractivity contribution in [2.45, 2.75) is 39.3 Å². The number of aliphatic imine (C=N–C) groups is 1. The van der Waals surface area contributed by atoms with Gasteiger partial charge >= 0.3 is 0 Å². The Morgan fingerprint density at radius 1 is 1.27 bits per heavy atom. The average molecular weight is 363 g/mol. The second-order valence-corrected chi connectivity index (χ2v) is 7.08. The molecule has 1 aromatic carbocycles. The van der Waals surface area contributed by atoms with E-state index in [9.17, 15) is 0 Å². The summed E-state index contributed by atoms with van der Waals surface area (Å²) in [7, 11) is 5.14. The maximum absolute atomic E-state index is 5.46. The first kappa shape index (κ1) is 20.4. The SMILES string of the molecule is CN=C(NCc1ccc(OC)cc1OC)NCC1CCCN(C(C)C)C1. The lowest BCUT2D eigenvalue weighted by atomic mass is 9.97. The zero-order valence-electron chi connectivity index (χ0n) is 16.8. The number of hydrogen-bond donors (Lipinski definition) is 2. The smallest absolute Gasteiger partial charge is 0.191 e. The van der Waals surface area contributed by atoms with Crippen LogP contribution in [0.5, 0.6) is 11.5 Å². The van der Waals surface area contributed by atoms with Crippen LogP contribution in [0.3, 0.4) is 0 Å². The predicted molar refractivity (Wildman–Crippen MR) is 107 cm³/mol. The van der Waals surface area contributed by atoms with Crippen molar-refractivity contribution in [1.82, 2.24) is 15.5 Å². The quantitative estimate of drug-likeness (QED) is 0.576. The van der Waals surface area contributed by atoms with Gasteiger partial charge in [0.05, 0.1) is 14.2 Å². The number of ether oxygens (including phenoxy) is 2. The lowest BCUT2D eigenvalue weighted by Crippen LogP contribution is -2.46. The number of likely N-dealkylation sites (tertiary alicyclic amines) is 1. The molecule has 0 aromatic heterocycles. The molecule has 0 spiro atoms. The first-order valence-electron chi connectivity index (χ1n) is 9.46. The average Bonchev–Trinajstić information content (AvgIpc) is 2.68. The van der Waals surface area contributed by atoms with Crippen LogP contribution in [-0.4, -0.2) is 57.8 Å². The van der Waals surface area contributed by atoms with Crippen LogP contribution in [0.1, 0.15) is 32.3 Å². The van der Waals surface area contributed by atoms with Gasteiger partial charge in [0.1, 0.15) is 11.5 Å². The van der Waals surface area contributed by atoms with Gasteiger partial charge in [0.25, 0.3) is 0 Å². The Bertz CT molecular complexity index is 589. The maximum atomic E-state index is 5.46. The maximum Gasteiger partial charge on any atom is 0.191 e. The number of guanidine groups is 1. The highest BCUT2D eigenvalue weighted by atomic mass is 16.5. The second kappa shape index (κ2) is 10.3. The van der Waals surface area contributed by atoms with Crippen molar-refractivity contribution in [3.8, 4) is 11.5 Å². The van der Waals surface area contributed by atoms with E-state index in [1.807, 2.05) is 25.2 Å². The molecule has 146 valence electrons. The van der Waals surface area contributed by atoms with Crippen molar-refractivity contribution in [3.63, 3.8) is 0 Å². The molecular weight excluding hydrogens is 328 g/mol. The summed E-state index contributed by atoms with van der Waals surface area (Å²) in [5.41, 5.74) is 1.07. The molecule has 26 heavy (non-hydrogen) atoms. The molecule has 0 amide bonds. The van der Waals surface area contributed by atoms with Crippen LogP contribution in [-0.2, 0) is 6.54 Å². The monoisotopic (exact) mass is 362 g/mol. The third-order valence-corrected chi connectivity index (χ3v) is 5.00. The fourth-order valence-corrected chi connectivity index (χ4v) is 3.37. The molecule has 0 radical (unpaired) electrons. The molecule has 6 nitrogen and oxygen atoms in total. The zero-order chi connectivity index (χ0) is 18.9. The Balaban J connectivity index is 1.84. The number of rotatable bonds is 7. The Morgan fingerprint density at radius 3 is 2.73 bits per heavy atom. The highest BCUT2D eigenvalue weighted by Gasteiger charge is 2.21. The molecule has 1 aliphatic rings. The molecule has 2 N–H and O–H groups in total. The summed E-state index contributed by atoms with van der Waals surface area (Å²) in [6.45, 7) is 8.53. The molecule has 1 fully saturated rings. The number of hydrogen-bond acceptors (Lipinski definition) is 4. The molecule has 0 saturated carbocycles. The fourth-order valence-electron chi connectivity index (χ4n) is 3.37. The molecule has 1 heterocycles. The minimum absolute atomic E-state index is 0.623. The molecule has 1 aromatic rings. The summed E-state index contributed by atoms with van der Waals surface area (Å²) >= 11 is 0. The summed E-state index contributed by atoms with van der Waals surface area (Å²) in [6.07, 6.45) is 2.55. The molecule has 0 aliphatic carbocycles. The molecule has 1 unspecified atom stereocenters. The standard InChI is InChI=1S/C20H34N4O2/c1-15(2)24-10-6-7-16(14-24)12-22-20(21-3)23-13-17-8-9-18(25-4)11-19(17)26-5/h8-9,11,15-16H,6-7,10,12-14H2,1-5H3,(H2,21,22,23). The predicted octanol–water partition coefficient (Wildman–Crippen LogP) is 2.49. The normalized spacial score (nSPS) is 18.7. The van der Waals surface area contributed by atoms with E-state index in [0.717, 1.165) is 36.1 Å². The van der Waals surface area contributed by atoms with E-state index in [0.29, 0.717) is 18.5 Å². The van der Waals surface area contributed by atoms with E-state index in [1.165, 1.54) is 19.4 Å². The fraction of sp³-hybridized carbons (Fsp3) is 0.650. The third kappa shape index (κ3) is 5.80. The summed E-state index contributed by atoms with van der Waals surface area (Å²) in [4.78, 5) is 6.91. The summed E-state index contributed by atoms with van der Waals surface area (Å²) < 4.78 is 10.7. The van der Waals surface area contributed by atoms with E-state index >= 15 is 0 Å². The number of nitrogens with zero attached hydrogens (tertiary/aromatic N) is 2. The molecule has 0 bridgehead atoms. The summed E-state index contributed by atoms with van der Waals surface area (Å²) in [6, 6.07) is 6.48. The van der Waals surface area contributed by atoms with Crippen LogP contribution in [0.25, 0.3) is 0 Å². The topological polar surface area (TPSA) is 58.1 Å². The number of nitrogens with one attached hydrogen (secondary N) is 2. The van der Waals surface area contributed by atoms with Crippen LogP contribution in [0.15, 0.2) is 23.2 Å². The van der Waals surface area contributed by atoms with Crippen LogP contribution >= 0.6 is 0 Å². The van der Waals surface area contributed by atoms with Crippen LogP contribution in [0.2, 0.25) is 0 Å². The molecule has 1 saturated heterocycles. The Labute approximate surface area is 158 Å². The van der Waals surface area contributed by atoms with Crippen LogP contribution in [0.4, 0.5) is 0 Å². The van der Waals surface area contributed by atoms with Gasteiger partial charge < -0.3 is 25.0 Å². The van der Waals surface area contributed by atoms with Crippen molar-refractivity contribution in [1.29, 1.82) is 0 Å². The number of piperidine rings is 1. The molecule has 6 heteroatoms. The Hall–Kier alpha value is -1.95. The van der Waals surface area contributed by atoms with Gasteiger partial charge in [-0.2, -0.15) is 0 Å². The highest BCUT2D eigenvalue weighted by molar-refractivity contribution is 5.79. The molecule has 1 atom stereocenters. The van der Waals surface area contributed by atoms with Gasteiger partial charge in [-0.25, -0.2) is 0 Å². The molecule has 1 aliphatic heterocycles. The van der Waals surface area contributed by atoms with Crippen LogP contribution < -0.4 is 20.1 Å². The largest absolute Gasteiger partial charge is 0.497 e. The Morgan fingerprint density at radius 2 is 2.08 bits per heavy atom. The van der Waals surface area contributed by atoms with Crippen molar-refractivity contribution in [2.75, 3.05) is 40.9 Å². The third-order valence-electron chi connectivity index (χ3n) is 5.00. The van der Waals surface area contributed by atoms with E-state index in [4.69, 9.17) is 9.47 Å². The second-order valence-electron chi connectivity index (χ2n) is 7.08. The minimum Gasteiger partial charge on any atom is -0.497 e. The minimum atomic E-state index is 0.623. The van der Waals surface area contributed by atoms with Gasteiger partial charge in [-0.3, -0.25) is 4.99 Å². The first-order chi connectivity index (χ1) is 12.6. The lowest BCUT2D eigenvalue weighted by molar-refractivity contribution is 0.141. The van der Waals surface area contributed by atoms with Crippen molar-refractivity contribution in [2.24, 2.45) is 10.9 Å². The highest BCUT2D eigenvalue weighted by Crippen LogP contribution is 2.24. The van der Waals surface area contributed by atoms with Crippen molar-refractivity contribution >= 4 is 5.96 Å². The lowest BCUT2D eigenvalue weighted by Gasteiger charge is -2.35. The van der Waals surface area contributed by atoms with Gasteiger partial charge in [-0.15, -0.1) is 0 Å². The number of benzene rings is 1. The number of methoxy groups -OCH3 is 2. The van der Waals surface area contributed by atoms with Crippen LogP contribution in [0, 0.1) is 5.92 Å². The van der Waals surface area contributed by atoms with Gasteiger partial charge in [-0.05, 0) is 51.3 Å². The van der Waals surface area contributed by atoms with E-state index in [-0.39, 0.29) is 0 Å². The summed E-state index contributed by atoms with van der Waals surface area (Å²) in [5, 5.41) is 6.85.